The van der Waals surface area contributed by atoms with Crippen LogP contribution in [-0.4, -0.2) is 15.3 Å². The summed E-state index contributed by atoms with van der Waals surface area (Å²) in [7, 11) is 0. The number of benzene rings is 2. The van der Waals surface area contributed by atoms with E-state index in [4.69, 9.17) is 4.42 Å². The van der Waals surface area contributed by atoms with Crippen molar-refractivity contribution < 1.29 is 19.7 Å². The average molecular weight is 382 g/mol. The molecule has 0 spiro atoms. The van der Waals surface area contributed by atoms with Gasteiger partial charge in [0.05, 0.1) is 5.56 Å². The summed E-state index contributed by atoms with van der Waals surface area (Å²) < 4.78 is 5.29. The second-order valence-corrected chi connectivity index (χ2v) is 9.22. The van der Waals surface area contributed by atoms with E-state index in [1.54, 1.807) is 12.1 Å². The van der Waals surface area contributed by atoms with Gasteiger partial charge in [-0.15, -0.1) is 0 Å². The molecule has 3 rings (SSSR count). The van der Waals surface area contributed by atoms with Crippen LogP contribution in [0.3, 0.4) is 0 Å². The molecule has 5 nitrogen and oxygen atoms in total. The lowest BCUT2D eigenvalue weighted by Gasteiger charge is -2.27. The molecule has 0 aliphatic rings. The number of rotatable bonds is 1. The fourth-order valence-electron chi connectivity index (χ4n) is 3.19. The van der Waals surface area contributed by atoms with E-state index in [2.05, 4.69) is 20.8 Å². The molecule has 1 aromatic heterocycles. The molecule has 5 heteroatoms. The molecule has 0 aliphatic heterocycles. The van der Waals surface area contributed by atoms with Crippen molar-refractivity contribution in [1.82, 2.24) is 0 Å². The maximum atomic E-state index is 12.7. The van der Waals surface area contributed by atoms with E-state index in [0.717, 1.165) is 11.1 Å². The second kappa shape index (κ2) is 6.30. The molecule has 0 atom stereocenters. The molecule has 0 fully saturated rings. The summed E-state index contributed by atoms with van der Waals surface area (Å²) in [5.74, 6) is -0.810. The fraction of sp³-hybridized carbons (Fsp3) is 0.348. The van der Waals surface area contributed by atoms with E-state index >= 15 is 0 Å². The first-order valence-corrected chi connectivity index (χ1v) is 9.18. The average Bonchev–Trinajstić information content (AvgIpc) is 2.57. The molecule has 3 aromatic rings. The quantitative estimate of drug-likeness (QED) is 0.399. The molecular weight excluding hydrogens is 356 g/mol. The molecule has 1 heterocycles. The third kappa shape index (κ3) is 3.33. The Labute approximate surface area is 163 Å². The summed E-state index contributed by atoms with van der Waals surface area (Å²) in [5, 5.41) is 31.0. The summed E-state index contributed by atoms with van der Waals surface area (Å²) in [6.45, 7) is 12.2. The van der Waals surface area contributed by atoms with Crippen LogP contribution in [0.1, 0.15) is 52.7 Å². The van der Waals surface area contributed by atoms with Gasteiger partial charge >= 0.3 is 5.63 Å². The standard InChI is InChI=1S/C23H26O5/c1-22(2,3)13-10-14(18(25)16(11-13)23(4,5)6)15-9-12-7-8-17(24)19(26)20(12)28-21(15)27/h7-11,24-26H,1-6H3. The topological polar surface area (TPSA) is 90.9 Å². The zero-order valence-electron chi connectivity index (χ0n) is 17.0. The van der Waals surface area contributed by atoms with Gasteiger partial charge < -0.3 is 19.7 Å². The Kier molecular flexibility index (Phi) is 4.45. The number of phenolic OH excluding ortho intramolecular Hbond substituents is 3. The zero-order valence-corrected chi connectivity index (χ0v) is 17.0. The van der Waals surface area contributed by atoms with Gasteiger partial charge in [0, 0.05) is 16.5 Å². The molecule has 0 bridgehead atoms. The first kappa shape index (κ1) is 19.8. The SMILES string of the molecule is CC(C)(C)c1cc(-c2cc3ccc(O)c(O)c3oc2=O)c(O)c(C(C)(C)C)c1. The minimum Gasteiger partial charge on any atom is -0.507 e. The van der Waals surface area contributed by atoms with Crippen LogP contribution in [0.25, 0.3) is 22.1 Å². The Hall–Kier alpha value is -2.95. The highest BCUT2D eigenvalue weighted by molar-refractivity contribution is 5.88. The minimum absolute atomic E-state index is 0.0372. The van der Waals surface area contributed by atoms with Gasteiger partial charge in [0.25, 0.3) is 0 Å². The van der Waals surface area contributed by atoms with Gasteiger partial charge in [-0.25, -0.2) is 4.79 Å². The number of hydrogen-bond acceptors (Lipinski definition) is 5. The lowest BCUT2D eigenvalue weighted by atomic mass is 9.78. The van der Waals surface area contributed by atoms with Gasteiger partial charge in [-0.2, -0.15) is 0 Å². The third-order valence-electron chi connectivity index (χ3n) is 4.93. The van der Waals surface area contributed by atoms with Gasteiger partial charge in [0.15, 0.2) is 11.3 Å². The summed E-state index contributed by atoms with van der Waals surface area (Å²) >= 11 is 0. The van der Waals surface area contributed by atoms with Gasteiger partial charge in [-0.3, -0.25) is 0 Å². The maximum absolute atomic E-state index is 12.7. The van der Waals surface area contributed by atoms with Crippen molar-refractivity contribution >= 4 is 11.0 Å². The van der Waals surface area contributed by atoms with E-state index in [9.17, 15) is 20.1 Å². The molecule has 0 saturated carbocycles. The highest BCUT2D eigenvalue weighted by Gasteiger charge is 2.27. The van der Waals surface area contributed by atoms with Crippen LogP contribution in [0.4, 0.5) is 0 Å². The number of aromatic hydroxyl groups is 3. The molecule has 0 saturated heterocycles. The Balaban J connectivity index is 2.39. The lowest BCUT2D eigenvalue weighted by Crippen LogP contribution is -2.17. The van der Waals surface area contributed by atoms with Crippen molar-refractivity contribution in [1.29, 1.82) is 0 Å². The van der Waals surface area contributed by atoms with Crippen molar-refractivity contribution in [3.05, 3.63) is 51.9 Å². The molecule has 28 heavy (non-hydrogen) atoms. The monoisotopic (exact) mass is 382 g/mol. The normalized spacial score (nSPS) is 12.5. The van der Waals surface area contributed by atoms with E-state index in [1.165, 1.54) is 6.07 Å². The van der Waals surface area contributed by atoms with Gasteiger partial charge in [-0.1, -0.05) is 47.6 Å². The van der Waals surface area contributed by atoms with Gasteiger partial charge in [0.2, 0.25) is 5.75 Å². The Morgan fingerprint density at radius 1 is 0.786 bits per heavy atom. The summed E-state index contributed by atoms with van der Waals surface area (Å²) in [6, 6.07) is 8.22. The number of phenols is 3. The fourth-order valence-corrected chi connectivity index (χ4v) is 3.19. The van der Waals surface area contributed by atoms with Crippen LogP contribution in [-0.2, 0) is 10.8 Å². The molecule has 0 radical (unpaired) electrons. The second-order valence-electron chi connectivity index (χ2n) is 9.22. The largest absolute Gasteiger partial charge is 0.507 e. The van der Waals surface area contributed by atoms with Crippen LogP contribution in [0.2, 0.25) is 0 Å². The van der Waals surface area contributed by atoms with Crippen molar-refractivity contribution in [2.24, 2.45) is 0 Å². The molecule has 0 unspecified atom stereocenters. The maximum Gasteiger partial charge on any atom is 0.344 e. The Morgan fingerprint density at radius 3 is 2.00 bits per heavy atom. The van der Waals surface area contributed by atoms with Crippen LogP contribution >= 0.6 is 0 Å². The molecular formula is C23H26O5. The smallest absolute Gasteiger partial charge is 0.344 e. The molecule has 2 aromatic carbocycles. The molecule has 0 aliphatic carbocycles. The Morgan fingerprint density at radius 2 is 1.43 bits per heavy atom. The minimum atomic E-state index is -0.699. The third-order valence-corrected chi connectivity index (χ3v) is 4.93. The van der Waals surface area contributed by atoms with Crippen LogP contribution in [0.15, 0.2) is 39.5 Å². The van der Waals surface area contributed by atoms with E-state index in [0.29, 0.717) is 10.9 Å². The zero-order chi connectivity index (χ0) is 21.0. The molecule has 148 valence electrons. The number of hydrogen-bond donors (Lipinski definition) is 3. The van der Waals surface area contributed by atoms with E-state index < -0.39 is 11.4 Å². The number of fused-ring (bicyclic) bond motifs is 1. The highest BCUT2D eigenvalue weighted by Crippen LogP contribution is 2.42. The first-order chi connectivity index (χ1) is 12.8. The summed E-state index contributed by atoms with van der Waals surface area (Å²) in [5.41, 5.74) is 1.00. The van der Waals surface area contributed by atoms with Gasteiger partial charge in [0.1, 0.15) is 5.75 Å². The van der Waals surface area contributed by atoms with Crippen LogP contribution < -0.4 is 5.63 Å². The Bertz CT molecular complexity index is 1120. The summed E-state index contributed by atoms with van der Waals surface area (Å²) in [4.78, 5) is 12.7. The van der Waals surface area contributed by atoms with Crippen LogP contribution in [0.5, 0.6) is 17.2 Å². The van der Waals surface area contributed by atoms with Crippen molar-refractivity contribution in [3.8, 4) is 28.4 Å². The van der Waals surface area contributed by atoms with Crippen LogP contribution in [0, 0.1) is 0 Å². The van der Waals surface area contributed by atoms with Crippen molar-refractivity contribution in [2.75, 3.05) is 0 Å². The van der Waals surface area contributed by atoms with Crippen molar-refractivity contribution in [2.45, 2.75) is 52.4 Å². The molecule has 0 amide bonds. The summed E-state index contributed by atoms with van der Waals surface area (Å²) in [6.07, 6.45) is 0. The first-order valence-electron chi connectivity index (χ1n) is 9.18. The lowest BCUT2D eigenvalue weighted by molar-refractivity contribution is 0.397. The predicted molar refractivity (Wildman–Crippen MR) is 110 cm³/mol. The van der Waals surface area contributed by atoms with Gasteiger partial charge in [-0.05, 0) is 40.7 Å². The van der Waals surface area contributed by atoms with E-state index in [-0.39, 0.29) is 33.5 Å². The predicted octanol–water partition coefficient (Wildman–Crippen LogP) is 5.17. The molecule has 3 N–H and O–H groups in total. The van der Waals surface area contributed by atoms with E-state index in [1.807, 2.05) is 32.9 Å². The van der Waals surface area contributed by atoms with Crippen molar-refractivity contribution in [3.63, 3.8) is 0 Å². The highest BCUT2D eigenvalue weighted by atomic mass is 16.4.